The van der Waals surface area contributed by atoms with Gasteiger partial charge in [-0.15, -0.1) is 0 Å². The van der Waals surface area contributed by atoms with Gasteiger partial charge in [-0.05, 0) is 44.4 Å². The van der Waals surface area contributed by atoms with Gasteiger partial charge in [0.2, 0.25) is 5.91 Å². The summed E-state index contributed by atoms with van der Waals surface area (Å²) in [5.74, 6) is -0.959. The van der Waals surface area contributed by atoms with Gasteiger partial charge in [0.25, 0.3) is 0 Å². The van der Waals surface area contributed by atoms with E-state index in [0.717, 1.165) is 30.5 Å². The largest absolute Gasteiger partial charge is 0.481 e. The molecule has 2 unspecified atom stereocenters. The molecule has 1 aliphatic rings. The van der Waals surface area contributed by atoms with E-state index in [0.29, 0.717) is 6.54 Å². The number of aryl methyl sites for hydroxylation is 1. The van der Waals surface area contributed by atoms with E-state index in [2.05, 4.69) is 10.6 Å². The normalized spacial score (nSPS) is 21.2. The highest BCUT2D eigenvalue weighted by Crippen LogP contribution is 2.31. The number of carboxylic acids is 1. The van der Waals surface area contributed by atoms with Gasteiger partial charge in [0.1, 0.15) is 0 Å². The molecule has 1 aromatic carbocycles. The van der Waals surface area contributed by atoms with Crippen molar-refractivity contribution in [2.24, 2.45) is 11.8 Å². The van der Waals surface area contributed by atoms with Crippen molar-refractivity contribution in [3.8, 4) is 0 Å². The molecule has 0 radical (unpaired) electrons. The van der Waals surface area contributed by atoms with Gasteiger partial charge in [-0.1, -0.05) is 24.1 Å². The minimum absolute atomic E-state index is 0.108. The van der Waals surface area contributed by atoms with E-state index in [4.69, 9.17) is 5.11 Å². The summed E-state index contributed by atoms with van der Waals surface area (Å²) in [6.07, 6.45) is 2.62. The van der Waals surface area contributed by atoms with E-state index in [9.17, 15) is 9.59 Å². The molecule has 5 nitrogen and oxygen atoms in total. The molecule has 21 heavy (non-hydrogen) atoms. The number of benzene rings is 1. The number of nitrogens with one attached hydrogen (secondary N) is 2. The van der Waals surface area contributed by atoms with Gasteiger partial charge >= 0.3 is 5.97 Å². The zero-order valence-corrected chi connectivity index (χ0v) is 12.3. The highest BCUT2D eigenvalue weighted by molar-refractivity contribution is 5.92. The second-order valence-corrected chi connectivity index (χ2v) is 5.68. The monoisotopic (exact) mass is 290 g/mol. The van der Waals surface area contributed by atoms with Crippen molar-refractivity contribution >= 4 is 17.6 Å². The maximum absolute atomic E-state index is 11.8. The van der Waals surface area contributed by atoms with Crippen LogP contribution >= 0.6 is 0 Å². The van der Waals surface area contributed by atoms with Crippen molar-refractivity contribution in [1.29, 1.82) is 0 Å². The first-order valence-corrected chi connectivity index (χ1v) is 7.36. The van der Waals surface area contributed by atoms with Gasteiger partial charge in [0.15, 0.2) is 0 Å². The molecule has 1 amide bonds. The molecular formula is C16H22N2O3. The molecule has 1 aromatic rings. The Morgan fingerprint density at radius 1 is 1.24 bits per heavy atom. The van der Waals surface area contributed by atoms with Crippen molar-refractivity contribution in [2.75, 3.05) is 18.4 Å². The van der Waals surface area contributed by atoms with Crippen LogP contribution in [0.5, 0.6) is 0 Å². The van der Waals surface area contributed by atoms with Crippen LogP contribution in [0.25, 0.3) is 0 Å². The summed E-state index contributed by atoms with van der Waals surface area (Å²) in [5.41, 5.74) is 1.92. The third-order valence-electron chi connectivity index (χ3n) is 4.00. The van der Waals surface area contributed by atoms with Crippen LogP contribution < -0.4 is 10.6 Å². The van der Waals surface area contributed by atoms with Crippen LogP contribution in [0.3, 0.4) is 0 Å². The highest BCUT2D eigenvalue weighted by Gasteiger charge is 2.32. The lowest BCUT2D eigenvalue weighted by atomic mass is 9.96. The molecule has 114 valence electrons. The minimum atomic E-state index is -0.719. The van der Waals surface area contributed by atoms with Gasteiger partial charge in [-0.3, -0.25) is 9.59 Å². The van der Waals surface area contributed by atoms with Gasteiger partial charge < -0.3 is 15.7 Å². The summed E-state index contributed by atoms with van der Waals surface area (Å²) in [6, 6.07) is 7.62. The molecule has 0 spiro atoms. The number of rotatable bonds is 6. The fraction of sp³-hybridized carbons (Fsp3) is 0.500. The fourth-order valence-electron chi connectivity index (χ4n) is 2.82. The summed E-state index contributed by atoms with van der Waals surface area (Å²) in [7, 11) is 0. The molecule has 3 N–H and O–H groups in total. The first-order chi connectivity index (χ1) is 10.1. The molecule has 0 heterocycles. The number of aliphatic carboxylic acids is 1. The van der Waals surface area contributed by atoms with E-state index >= 15 is 0 Å². The van der Waals surface area contributed by atoms with Crippen LogP contribution in [0.1, 0.15) is 24.8 Å². The van der Waals surface area contributed by atoms with E-state index in [1.807, 2.05) is 31.2 Å². The molecular weight excluding hydrogens is 268 g/mol. The Hall–Kier alpha value is -1.88. The van der Waals surface area contributed by atoms with Gasteiger partial charge in [0, 0.05) is 5.69 Å². The van der Waals surface area contributed by atoms with Crippen LogP contribution in [0, 0.1) is 18.8 Å². The molecule has 0 saturated heterocycles. The maximum Gasteiger partial charge on any atom is 0.306 e. The smallest absolute Gasteiger partial charge is 0.306 e. The van der Waals surface area contributed by atoms with E-state index in [-0.39, 0.29) is 24.3 Å². The lowest BCUT2D eigenvalue weighted by Crippen LogP contribution is -2.34. The second kappa shape index (κ2) is 7.22. The Morgan fingerprint density at radius 2 is 1.95 bits per heavy atom. The third kappa shape index (κ3) is 4.56. The Balaban J connectivity index is 1.72. The predicted molar refractivity (Wildman–Crippen MR) is 81.1 cm³/mol. The molecule has 2 atom stereocenters. The van der Waals surface area contributed by atoms with Crippen LogP contribution in [0.2, 0.25) is 0 Å². The summed E-state index contributed by atoms with van der Waals surface area (Å²) in [6.45, 7) is 2.78. The Bertz CT molecular complexity index is 499. The van der Waals surface area contributed by atoms with Crippen LogP contribution in [0.4, 0.5) is 5.69 Å². The average molecular weight is 290 g/mol. The zero-order valence-electron chi connectivity index (χ0n) is 12.3. The van der Waals surface area contributed by atoms with Gasteiger partial charge in [0.05, 0.1) is 12.5 Å². The molecule has 0 aromatic heterocycles. The van der Waals surface area contributed by atoms with Crippen molar-refractivity contribution in [2.45, 2.75) is 26.2 Å². The molecule has 1 aliphatic carbocycles. The summed E-state index contributed by atoms with van der Waals surface area (Å²) in [5, 5.41) is 15.0. The summed E-state index contributed by atoms with van der Waals surface area (Å²) in [4.78, 5) is 22.9. The first kappa shape index (κ1) is 15.5. The molecule has 1 saturated carbocycles. The quantitative estimate of drug-likeness (QED) is 0.749. The van der Waals surface area contributed by atoms with Gasteiger partial charge in [-0.2, -0.15) is 0 Å². The number of carbonyl (C=O) groups is 2. The van der Waals surface area contributed by atoms with Crippen molar-refractivity contribution < 1.29 is 14.7 Å². The standard InChI is InChI=1S/C16H22N2O3/c1-11-5-7-13(8-6-11)18-15(19)10-17-9-12-3-2-4-14(12)16(20)21/h5-8,12,14,17H,2-4,9-10H2,1H3,(H,18,19)(H,20,21). The number of carboxylic acid groups (broad SMARTS) is 1. The molecule has 2 rings (SSSR count). The van der Waals surface area contributed by atoms with Crippen molar-refractivity contribution in [1.82, 2.24) is 5.32 Å². The van der Waals surface area contributed by atoms with Crippen molar-refractivity contribution in [3.05, 3.63) is 29.8 Å². The summed E-state index contributed by atoms with van der Waals surface area (Å²) < 4.78 is 0. The fourth-order valence-corrected chi connectivity index (χ4v) is 2.82. The Morgan fingerprint density at radius 3 is 2.62 bits per heavy atom. The van der Waals surface area contributed by atoms with E-state index in [1.54, 1.807) is 0 Å². The van der Waals surface area contributed by atoms with Crippen molar-refractivity contribution in [3.63, 3.8) is 0 Å². The molecule has 0 aliphatic heterocycles. The maximum atomic E-state index is 11.8. The number of anilines is 1. The predicted octanol–water partition coefficient (Wildman–Crippen LogP) is 2.02. The number of hydrogen-bond donors (Lipinski definition) is 3. The summed E-state index contributed by atoms with van der Waals surface area (Å²) >= 11 is 0. The molecule has 5 heteroatoms. The first-order valence-electron chi connectivity index (χ1n) is 7.36. The van der Waals surface area contributed by atoms with E-state index in [1.165, 1.54) is 0 Å². The highest BCUT2D eigenvalue weighted by atomic mass is 16.4. The van der Waals surface area contributed by atoms with Crippen LogP contribution in [0.15, 0.2) is 24.3 Å². The zero-order chi connectivity index (χ0) is 15.2. The Kier molecular flexibility index (Phi) is 5.33. The lowest BCUT2D eigenvalue weighted by Gasteiger charge is -2.16. The minimum Gasteiger partial charge on any atom is -0.481 e. The number of hydrogen-bond acceptors (Lipinski definition) is 3. The van der Waals surface area contributed by atoms with Gasteiger partial charge in [-0.25, -0.2) is 0 Å². The third-order valence-corrected chi connectivity index (χ3v) is 4.00. The van der Waals surface area contributed by atoms with E-state index < -0.39 is 5.97 Å². The Labute approximate surface area is 124 Å². The number of amides is 1. The second-order valence-electron chi connectivity index (χ2n) is 5.68. The average Bonchev–Trinajstić information content (AvgIpc) is 2.90. The molecule has 0 bridgehead atoms. The lowest BCUT2D eigenvalue weighted by molar-refractivity contribution is -0.142. The van der Waals surface area contributed by atoms with Crippen LogP contribution in [-0.2, 0) is 9.59 Å². The SMILES string of the molecule is Cc1ccc(NC(=O)CNCC2CCCC2C(=O)O)cc1. The van der Waals surface area contributed by atoms with Crippen LogP contribution in [-0.4, -0.2) is 30.1 Å². The molecule has 1 fully saturated rings. The topological polar surface area (TPSA) is 78.4 Å². The number of carbonyl (C=O) groups excluding carboxylic acids is 1.